The van der Waals surface area contributed by atoms with E-state index in [0.717, 1.165) is 32.0 Å². The minimum absolute atomic E-state index is 0.0295. The van der Waals surface area contributed by atoms with Crippen molar-refractivity contribution in [2.45, 2.75) is 19.8 Å². The molecule has 2 heterocycles. The van der Waals surface area contributed by atoms with E-state index in [1.54, 1.807) is 12.4 Å². The van der Waals surface area contributed by atoms with E-state index in [-0.39, 0.29) is 5.91 Å². The molecule has 5 heteroatoms. The predicted octanol–water partition coefficient (Wildman–Crippen LogP) is 0.645. The van der Waals surface area contributed by atoms with Crippen LogP contribution in [0.3, 0.4) is 0 Å². The molecule has 1 amide bonds. The van der Waals surface area contributed by atoms with E-state index in [1.165, 1.54) is 0 Å². The van der Waals surface area contributed by atoms with Crippen LogP contribution in [0.4, 0.5) is 0 Å². The number of carbonyl (C=O) groups excluding carboxylic acids is 1. The molecule has 0 spiro atoms. The molecule has 1 saturated heterocycles. The molecule has 1 fully saturated rings. The lowest BCUT2D eigenvalue weighted by molar-refractivity contribution is 0.0735. The molecule has 17 heavy (non-hydrogen) atoms. The molecule has 0 bridgehead atoms. The van der Waals surface area contributed by atoms with Gasteiger partial charge in [0.05, 0.1) is 5.56 Å². The van der Waals surface area contributed by atoms with E-state index < -0.39 is 0 Å². The second-order valence-electron chi connectivity index (χ2n) is 4.53. The molecular weight excluding hydrogens is 216 g/mol. The van der Waals surface area contributed by atoms with Gasteiger partial charge in [-0.1, -0.05) is 13.8 Å². The molecule has 2 rings (SSSR count). The number of hydrogen-bond acceptors (Lipinski definition) is 4. The molecule has 0 aromatic carbocycles. The van der Waals surface area contributed by atoms with Crippen LogP contribution in [-0.4, -0.2) is 47.0 Å². The Morgan fingerprint density at radius 3 is 2.41 bits per heavy atom. The standard InChI is InChI=1S/C12H18N4O/c1-9(2)11-14-7-10(8-15-11)12(17)16-5-3-13-4-6-16/h7-9,13H,3-6H2,1-2H3. The Hall–Kier alpha value is -1.49. The molecule has 0 saturated carbocycles. The van der Waals surface area contributed by atoms with Gasteiger partial charge in [0.1, 0.15) is 5.82 Å². The highest BCUT2D eigenvalue weighted by Crippen LogP contribution is 2.09. The Labute approximate surface area is 101 Å². The largest absolute Gasteiger partial charge is 0.336 e. The summed E-state index contributed by atoms with van der Waals surface area (Å²) >= 11 is 0. The molecule has 1 aromatic rings. The normalized spacial score (nSPS) is 16.3. The first kappa shape index (κ1) is 12.0. The minimum Gasteiger partial charge on any atom is -0.336 e. The van der Waals surface area contributed by atoms with Gasteiger partial charge in [0.2, 0.25) is 0 Å². The van der Waals surface area contributed by atoms with E-state index in [9.17, 15) is 4.79 Å². The van der Waals surface area contributed by atoms with Crippen LogP contribution >= 0.6 is 0 Å². The van der Waals surface area contributed by atoms with Crippen molar-refractivity contribution in [1.29, 1.82) is 0 Å². The van der Waals surface area contributed by atoms with Gasteiger partial charge in [-0.15, -0.1) is 0 Å². The Balaban J connectivity index is 2.08. The Bertz CT molecular complexity index is 382. The number of amides is 1. The smallest absolute Gasteiger partial charge is 0.257 e. The van der Waals surface area contributed by atoms with Gasteiger partial charge in [0, 0.05) is 44.5 Å². The molecule has 1 aliphatic heterocycles. The number of nitrogens with zero attached hydrogens (tertiary/aromatic N) is 3. The zero-order chi connectivity index (χ0) is 12.3. The first-order valence-electron chi connectivity index (χ1n) is 6.00. The van der Waals surface area contributed by atoms with Gasteiger partial charge in [-0.2, -0.15) is 0 Å². The third kappa shape index (κ3) is 2.79. The molecular formula is C12H18N4O. The zero-order valence-electron chi connectivity index (χ0n) is 10.3. The molecule has 0 aliphatic carbocycles. The second kappa shape index (κ2) is 5.23. The van der Waals surface area contributed by atoms with Gasteiger partial charge in [0.25, 0.3) is 5.91 Å². The Morgan fingerprint density at radius 1 is 1.29 bits per heavy atom. The Morgan fingerprint density at radius 2 is 1.88 bits per heavy atom. The van der Waals surface area contributed by atoms with Crippen LogP contribution in [0.1, 0.15) is 35.9 Å². The molecule has 92 valence electrons. The summed E-state index contributed by atoms with van der Waals surface area (Å²) in [4.78, 5) is 22.4. The summed E-state index contributed by atoms with van der Waals surface area (Å²) < 4.78 is 0. The summed E-state index contributed by atoms with van der Waals surface area (Å²) in [5.74, 6) is 1.10. The first-order valence-corrected chi connectivity index (χ1v) is 6.00. The predicted molar refractivity (Wildman–Crippen MR) is 64.9 cm³/mol. The first-order chi connectivity index (χ1) is 8.18. The van der Waals surface area contributed by atoms with E-state index in [0.29, 0.717) is 11.5 Å². The zero-order valence-corrected chi connectivity index (χ0v) is 10.3. The number of carbonyl (C=O) groups is 1. The summed E-state index contributed by atoms with van der Waals surface area (Å²) in [7, 11) is 0. The quantitative estimate of drug-likeness (QED) is 0.816. The van der Waals surface area contributed by atoms with Crippen LogP contribution in [0.25, 0.3) is 0 Å². The van der Waals surface area contributed by atoms with E-state index in [2.05, 4.69) is 15.3 Å². The lowest BCUT2D eigenvalue weighted by Crippen LogP contribution is -2.46. The van der Waals surface area contributed by atoms with Crippen LogP contribution in [0.5, 0.6) is 0 Å². The maximum absolute atomic E-state index is 12.1. The third-order valence-electron chi connectivity index (χ3n) is 2.84. The fourth-order valence-corrected chi connectivity index (χ4v) is 1.80. The summed E-state index contributed by atoms with van der Waals surface area (Å²) in [6.07, 6.45) is 3.26. The van der Waals surface area contributed by atoms with Gasteiger partial charge in [0.15, 0.2) is 0 Å². The summed E-state index contributed by atoms with van der Waals surface area (Å²) in [5.41, 5.74) is 0.580. The second-order valence-corrected chi connectivity index (χ2v) is 4.53. The fourth-order valence-electron chi connectivity index (χ4n) is 1.80. The van der Waals surface area contributed by atoms with Crippen LogP contribution < -0.4 is 5.32 Å². The highest BCUT2D eigenvalue weighted by molar-refractivity contribution is 5.93. The number of piperazine rings is 1. The van der Waals surface area contributed by atoms with Crippen molar-refractivity contribution in [3.8, 4) is 0 Å². The topological polar surface area (TPSA) is 58.1 Å². The van der Waals surface area contributed by atoms with Gasteiger partial charge in [-0.25, -0.2) is 9.97 Å². The third-order valence-corrected chi connectivity index (χ3v) is 2.84. The Kier molecular flexibility index (Phi) is 3.68. The number of aromatic nitrogens is 2. The lowest BCUT2D eigenvalue weighted by atomic mass is 10.2. The van der Waals surface area contributed by atoms with Crippen molar-refractivity contribution in [3.05, 3.63) is 23.8 Å². The number of nitrogens with one attached hydrogen (secondary N) is 1. The van der Waals surface area contributed by atoms with Gasteiger partial charge < -0.3 is 10.2 Å². The van der Waals surface area contributed by atoms with Crippen LogP contribution in [0.15, 0.2) is 12.4 Å². The molecule has 0 atom stereocenters. The fraction of sp³-hybridized carbons (Fsp3) is 0.583. The van der Waals surface area contributed by atoms with Gasteiger partial charge >= 0.3 is 0 Å². The molecule has 0 radical (unpaired) electrons. The molecule has 1 N–H and O–H groups in total. The maximum atomic E-state index is 12.1. The van der Waals surface area contributed by atoms with Crippen molar-refractivity contribution >= 4 is 5.91 Å². The average molecular weight is 234 g/mol. The number of hydrogen-bond donors (Lipinski definition) is 1. The van der Waals surface area contributed by atoms with Crippen molar-refractivity contribution < 1.29 is 4.79 Å². The molecule has 1 aromatic heterocycles. The van der Waals surface area contributed by atoms with E-state index in [4.69, 9.17) is 0 Å². The SMILES string of the molecule is CC(C)c1ncc(C(=O)N2CCNCC2)cn1. The summed E-state index contributed by atoms with van der Waals surface area (Å²) in [6, 6.07) is 0. The van der Waals surface area contributed by atoms with Gasteiger partial charge in [-0.05, 0) is 0 Å². The number of rotatable bonds is 2. The monoisotopic (exact) mass is 234 g/mol. The summed E-state index contributed by atoms with van der Waals surface area (Å²) in [6.45, 7) is 7.29. The summed E-state index contributed by atoms with van der Waals surface area (Å²) in [5, 5.41) is 3.22. The minimum atomic E-state index is 0.0295. The van der Waals surface area contributed by atoms with E-state index >= 15 is 0 Å². The average Bonchev–Trinajstić information content (AvgIpc) is 2.39. The molecule has 1 aliphatic rings. The van der Waals surface area contributed by atoms with Crippen molar-refractivity contribution in [1.82, 2.24) is 20.2 Å². The van der Waals surface area contributed by atoms with Crippen LogP contribution in [-0.2, 0) is 0 Å². The van der Waals surface area contributed by atoms with Crippen LogP contribution in [0, 0.1) is 0 Å². The molecule has 0 unspecified atom stereocenters. The van der Waals surface area contributed by atoms with Crippen molar-refractivity contribution in [2.75, 3.05) is 26.2 Å². The maximum Gasteiger partial charge on any atom is 0.257 e. The van der Waals surface area contributed by atoms with Gasteiger partial charge in [-0.3, -0.25) is 4.79 Å². The lowest BCUT2D eigenvalue weighted by Gasteiger charge is -2.27. The van der Waals surface area contributed by atoms with Crippen molar-refractivity contribution in [2.24, 2.45) is 0 Å². The van der Waals surface area contributed by atoms with E-state index in [1.807, 2.05) is 18.7 Å². The highest BCUT2D eigenvalue weighted by atomic mass is 16.2. The highest BCUT2D eigenvalue weighted by Gasteiger charge is 2.18. The van der Waals surface area contributed by atoms with Crippen molar-refractivity contribution in [3.63, 3.8) is 0 Å². The van der Waals surface area contributed by atoms with Crippen LogP contribution in [0.2, 0.25) is 0 Å². The molecule has 5 nitrogen and oxygen atoms in total.